The Hall–Kier alpha value is -1.96. The Labute approximate surface area is 131 Å². The third-order valence-corrected chi connectivity index (χ3v) is 6.35. The molecule has 3 aromatic heterocycles. The highest BCUT2D eigenvalue weighted by atomic mass is 32.1. The zero-order valence-electron chi connectivity index (χ0n) is 10.4. The van der Waals surface area contributed by atoms with Crippen molar-refractivity contribution in [1.29, 1.82) is 0 Å². The summed E-state index contributed by atoms with van der Waals surface area (Å²) >= 11 is 3.99. The number of aromatic carboxylic acids is 2. The lowest BCUT2D eigenvalue weighted by molar-refractivity contribution is 0.0691. The molecule has 0 aromatic carbocycles. The van der Waals surface area contributed by atoms with Crippen LogP contribution in [0.25, 0.3) is 19.5 Å². The van der Waals surface area contributed by atoms with Gasteiger partial charge in [0.1, 0.15) is 9.75 Å². The maximum atomic E-state index is 10.9. The third kappa shape index (κ3) is 2.76. The van der Waals surface area contributed by atoms with E-state index in [0.717, 1.165) is 19.5 Å². The van der Waals surface area contributed by atoms with E-state index in [0.29, 0.717) is 9.75 Å². The SMILES string of the molecule is O=C(O)c1ccc(-c2ccc(-c3ccc(C(=O)O)s3)s2)s1. The number of hydrogen-bond acceptors (Lipinski definition) is 5. The van der Waals surface area contributed by atoms with Crippen molar-refractivity contribution >= 4 is 45.9 Å². The zero-order chi connectivity index (χ0) is 15.0. The molecule has 0 radical (unpaired) electrons. The van der Waals surface area contributed by atoms with Crippen LogP contribution in [0.2, 0.25) is 0 Å². The number of rotatable bonds is 4. The third-order valence-electron chi connectivity index (χ3n) is 2.73. The first-order chi connectivity index (χ1) is 10.0. The average Bonchev–Trinajstić information content (AvgIpc) is 3.18. The Balaban J connectivity index is 1.91. The van der Waals surface area contributed by atoms with Crippen molar-refractivity contribution in [1.82, 2.24) is 0 Å². The van der Waals surface area contributed by atoms with Gasteiger partial charge in [-0.2, -0.15) is 0 Å². The van der Waals surface area contributed by atoms with Gasteiger partial charge >= 0.3 is 11.9 Å². The van der Waals surface area contributed by atoms with E-state index in [1.807, 2.05) is 12.1 Å². The summed E-state index contributed by atoms with van der Waals surface area (Å²) in [5, 5.41) is 17.9. The lowest BCUT2D eigenvalue weighted by atomic mass is 10.3. The van der Waals surface area contributed by atoms with Crippen LogP contribution < -0.4 is 0 Å². The highest BCUT2D eigenvalue weighted by Crippen LogP contribution is 2.39. The van der Waals surface area contributed by atoms with E-state index in [1.165, 1.54) is 34.0 Å². The molecule has 3 rings (SSSR count). The zero-order valence-corrected chi connectivity index (χ0v) is 12.8. The molecular weight excluding hydrogens is 328 g/mol. The minimum Gasteiger partial charge on any atom is -0.477 e. The Kier molecular flexibility index (Phi) is 3.62. The molecule has 0 spiro atoms. The van der Waals surface area contributed by atoms with Crippen LogP contribution >= 0.6 is 34.0 Å². The Morgan fingerprint density at radius 3 is 1.29 bits per heavy atom. The van der Waals surface area contributed by atoms with Crippen molar-refractivity contribution in [3.8, 4) is 19.5 Å². The van der Waals surface area contributed by atoms with Crippen LogP contribution in [0.4, 0.5) is 0 Å². The van der Waals surface area contributed by atoms with E-state index in [1.54, 1.807) is 24.3 Å². The fourth-order valence-corrected chi connectivity index (χ4v) is 4.65. The van der Waals surface area contributed by atoms with Crippen LogP contribution in [0.3, 0.4) is 0 Å². The molecule has 4 nitrogen and oxygen atoms in total. The second kappa shape index (κ2) is 5.44. The van der Waals surface area contributed by atoms with E-state index in [4.69, 9.17) is 10.2 Å². The minimum absolute atomic E-state index is 0.309. The van der Waals surface area contributed by atoms with Crippen LogP contribution in [0.1, 0.15) is 19.3 Å². The summed E-state index contributed by atoms with van der Waals surface area (Å²) in [7, 11) is 0. The van der Waals surface area contributed by atoms with Gasteiger partial charge < -0.3 is 10.2 Å². The molecule has 3 heterocycles. The Bertz CT molecular complexity index is 758. The molecular formula is C14H8O4S3. The summed E-state index contributed by atoms with van der Waals surface area (Å²) in [6, 6.07) is 10.6. The topological polar surface area (TPSA) is 74.6 Å². The summed E-state index contributed by atoms with van der Waals surface area (Å²) in [4.78, 5) is 26.2. The molecule has 0 aliphatic rings. The largest absolute Gasteiger partial charge is 0.477 e. The summed E-state index contributed by atoms with van der Waals surface area (Å²) in [5.74, 6) is -1.85. The molecule has 7 heteroatoms. The predicted molar refractivity (Wildman–Crippen MR) is 84.9 cm³/mol. The lowest BCUT2D eigenvalue weighted by Crippen LogP contribution is -1.89. The second-order valence-electron chi connectivity index (χ2n) is 4.10. The Morgan fingerprint density at radius 2 is 0.952 bits per heavy atom. The number of thiophene rings is 3. The number of carboxylic acids is 2. The van der Waals surface area contributed by atoms with Gasteiger partial charge in [-0.1, -0.05) is 0 Å². The van der Waals surface area contributed by atoms with Crippen molar-refractivity contribution in [2.45, 2.75) is 0 Å². The van der Waals surface area contributed by atoms with E-state index in [2.05, 4.69) is 0 Å². The predicted octanol–water partition coefficient (Wildman–Crippen LogP) is 4.60. The van der Waals surface area contributed by atoms with Gasteiger partial charge in [0, 0.05) is 19.5 Å². The van der Waals surface area contributed by atoms with Gasteiger partial charge in [-0.25, -0.2) is 9.59 Å². The van der Waals surface area contributed by atoms with Crippen LogP contribution in [0.15, 0.2) is 36.4 Å². The Morgan fingerprint density at radius 1 is 0.619 bits per heavy atom. The van der Waals surface area contributed by atoms with Crippen LogP contribution in [0, 0.1) is 0 Å². The average molecular weight is 336 g/mol. The summed E-state index contributed by atoms with van der Waals surface area (Å²) in [6.07, 6.45) is 0. The molecule has 0 unspecified atom stereocenters. The van der Waals surface area contributed by atoms with Crippen LogP contribution in [-0.4, -0.2) is 22.2 Å². The van der Waals surface area contributed by atoms with E-state index in [9.17, 15) is 9.59 Å². The number of carboxylic acid groups (broad SMARTS) is 2. The van der Waals surface area contributed by atoms with Gasteiger partial charge in [0.05, 0.1) is 0 Å². The molecule has 21 heavy (non-hydrogen) atoms. The highest BCUT2D eigenvalue weighted by Gasteiger charge is 2.13. The van der Waals surface area contributed by atoms with Gasteiger partial charge in [0.25, 0.3) is 0 Å². The number of carbonyl (C=O) groups is 2. The first-order valence-electron chi connectivity index (χ1n) is 5.81. The van der Waals surface area contributed by atoms with Gasteiger partial charge in [0.15, 0.2) is 0 Å². The standard InChI is InChI=1S/C14H8O4S3/c15-13(16)11-5-3-9(20-11)7-1-2-8(19-7)10-4-6-12(21-10)14(17)18/h1-6H,(H,15,16)(H,17,18). The molecule has 0 aliphatic heterocycles. The number of hydrogen-bond donors (Lipinski definition) is 2. The molecule has 0 amide bonds. The fourth-order valence-electron chi connectivity index (χ4n) is 1.77. The van der Waals surface area contributed by atoms with Gasteiger partial charge in [-0.3, -0.25) is 0 Å². The van der Waals surface area contributed by atoms with Crippen molar-refractivity contribution in [2.75, 3.05) is 0 Å². The quantitative estimate of drug-likeness (QED) is 0.730. The van der Waals surface area contributed by atoms with Gasteiger partial charge in [0.2, 0.25) is 0 Å². The first kappa shape index (κ1) is 14.0. The van der Waals surface area contributed by atoms with Crippen molar-refractivity contribution < 1.29 is 19.8 Å². The second-order valence-corrected chi connectivity index (χ2v) is 7.35. The monoisotopic (exact) mass is 336 g/mol. The minimum atomic E-state index is -0.924. The molecule has 0 atom stereocenters. The van der Waals surface area contributed by atoms with Crippen molar-refractivity contribution in [3.63, 3.8) is 0 Å². The van der Waals surface area contributed by atoms with Crippen molar-refractivity contribution in [3.05, 3.63) is 46.2 Å². The summed E-state index contributed by atoms with van der Waals surface area (Å²) in [6.45, 7) is 0. The van der Waals surface area contributed by atoms with Crippen molar-refractivity contribution in [2.24, 2.45) is 0 Å². The first-order valence-corrected chi connectivity index (χ1v) is 8.26. The van der Waals surface area contributed by atoms with E-state index >= 15 is 0 Å². The molecule has 0 aliphatic carbocycles. The molecule has 0 saturated heterocycles. The van der Waals surface area contributed by atoms with Gasteiger partial charge in [-0.15, -0.1) is 34.0 Å². The maximum absolute atomic E-state index is 10.9. The lowest BCUT2D eigenvalue weighted by Gasteiger charge is -1.90. The van der Waals surface area contributed by atoms with Gasteiger partial charge in [-0.05, 0) is 36.4 Å². The summed E-state index contributed by atoms with van der Waals surface area (Å²) < 4.78 is 0. The highest BCUT2D eigenvalue weighted by molar-refractivity contribution is 7.27. The smallest absolute Gasteiger partial charge is 0.345 e. The van der Waals surface area contributed by atoms with Crippen LogP contribution in [0.5, 0.6) is 0 Å². The van der Waals surface area contributed by atoms with Crippen LogP contribution in [-0.2, 0) is 0 Å². The van der Waals surface area contributed by atoms with E-state index < -0.39 is 11.9 Å². The fraction of sp³-hybridized carbons (Fsp3) is 0. The normalized spacial score (nSPS) is 10.7. The molecule has 0 bridgehead atoms. The molecule has 0 saturated carbocycles. The maximum Gasteiger partial charge on any atom is 0.345 e. The van der Waals surface area contributed by atoms with E-state index in [-0.39, 0.29) is 0 Å². The molecule has 106 valence electrons. The molecule has 3 aromatic rings. The summed E-state index contributed by atoms with van der Waals surface area (Å²) in [5.41, 5.74) is 0. The molecule has 2 N–H and O–H groups in total. The molecule has 0 fully saturated rings.